The van der Waals surface area contributed by atoms with Gasteiger partial charge in [0, 0.05) is 26.2 Å². The number of hydrogen-bond acceptors (Lipinski definition) is 4. The fourth-order valence-corrected chi connectivity index (χ4v) is 3.24. The van der Waals surface area contributed by atoms with Crippen LogP contribution in [-0.4, -0.2) is 50.1 Å². The van der Waals surface area contributed by atoms with E-state index in [2.05, 4.69) is 22.0 Å². The van der Waals surface area contributed by atoms with Crippen molar-refractivity contribution in [1.82, 2.24) is 4.90 Å². The van der Waals surface area contributed by atoms with Crippen LogP contribution in [0.4, 0.5) is 11.4 Å². The maximum Gasteiger partial charge on any atom is 0.262 e. The summed E-state index contributed by atoms with van der Waals surface area (Å²) in [6.45, 7) is 7.16. The van der Waals surface area contributed by atoms with E-state index in [-0.39, 0.29) is 12.5 Å². The number of benzene rings is 2. The third-order valence-corrected chi connectivity index (χ3v) is 4.85. The number of ether oxygens (including phenoxy) is 1. The van der Waals surface area contributed by atoms with E-state index < -0.39 is 0 Å². The van der Waals surface area contributed by atoms with Gasteiger partial charge in [0.2, 0.25) is 0 Å². The quantitative estimate of drug-likeness (QED) is 0.841. The predicted octanol–water partition coefficient (Wildman–Crippen LogP) is 3.50. The molecule has 1 saturated heterocycles. The zero-order chi connectivity index (χ0) is 18.4. The predicted molar refractivity (Wildman–Crippen MR) is 106 cm³/mol. The van der Waals surface area contributed by atoms with Gasteiger partial charge in [0.15, 0.2) is 6.61 Å². The molecule has 1 aliphatic heterocycles. The van der Waals surface area contributed by atoms with Gasteiger partial charge in [-0.1, -0.05) is 42.8 Å². The van der Waals surface area contributed by atoms with Crippen LogP contribution in [0.2, 0.25) is 5.02 Å². The van der Waals surface area contributed by atoms with Gasteiger partial charge in [-0.3, -0.25) is 4.79 Å². The fourth-order valence-electron chi connectivity index (χ4n) is 3.05. The molecule has 5 nitrogen and oxygen atoms in total. The molecule has 3 rings (SSSR count). The van der Waals surface area contributed by atoms with Gasteiger partial charge >= 0.3 is 0 Å². The minimum absolute atomic E-state index is 0.0817. The summed E-state index contributed by atoms with van der Waals surface area (Å²) in [7, 11) is 0. The molecule has 0 bridgehead atoms. The number of likely N-dealkylation sites (N-methyl/N-ethyl adjacent to an activating group) is 1. The highest BCUT2D eigenvalue weighted by Crippen LogP contribution is 2.27. The summed E-state index contributed by atoms with van der Waals surface area (Å²) >= 11 is 6.05. The van der Waals surface area contributed by atoms with Crippen molar-refractivity contribution < 1.29 is 9.53 Å². The molecule has 0 unspecified atom stereocenters. The van der Waals surface area contributed by atoms with Gasteiger partial charge in [0.1, 0.15) is 5.75 Å². The molecule has 2 aromatic carbocycles. The van der Waals surface area contributed by atoms with E-state index in [1.165, 1.54) is 0 Å². The molecule has 0 atom stereocenters. The molecular weight excluding hydrogens is 350 g/mol. The Bertz CT molecular complexity index is 745. The average Bonchev–Trinajstić information content (AvgIpc) is 2.68. The van der Waals surface area contributed by atoms with Crippen LogP contribution in [0.3, 0.4) is 0 Å². The van der Waals surface area contributed by atoms with Crippen molar-refractivity contribution in [2.75, 3.05) is 49.5 Å². The number of nitrogens with zero attached hydrogens (tertiary/aromatic N) is 2. The molecule has 1 fully saturated rings. The molecule has 6 heteroatoms. The number of para-hydroxylation sites is 3. The number of rotatable bonds is 6. The Balaban J connectivity index is 1.61. The standard InChI is InChI=1S/C20H24ClN3O2/c1-2-23-11-13-24(14-12-23)18-9-5-4-8-17(18)22-20(25)15-26-19-10-6-3-7-16(19)21/h3-10H,2,11-15H2,1H3,(H,22,25). The first kappa shape index (κ1) is 18.5. The highest BCUT2D eigenvalue weighted by Gasteiger charge is 2.18. The number of carbonyl (C=O) groups excluding carboxylic acids is 1. The summed E-state index contributed by atoms with van der Waals surface area (Å²) < 4.78 is 5.52. The molecule has 0 saturated carbocycles. The molecule has 1 aliphatic rings. The number of nitrogens with one attached hydrogen (secondary N) is 1. The second kappa shape index (κ2) is 8.92. The van der Waals surface area contributed by atoms with Crippen molar-refractivity contribution in [2.45, 2.75) is 6.92 Å². The Morgan fingerprint density at radius 1 is 1.08 bits per heavy atom. The lowest BCUT2D eigenvalue weighted by Gasteiger charge is -2.36. The lowest BCUT2D eigenvalue weighted by atomic mass is 10.2. The first-order chi connectivity index (χ1) is 12.7. The summed E-state index contributed by atoms with van der Waals surface area (Å²) in [5.74, 6) is 0.304. The topological polar surface area (TPSA) is 44.8 Å². The van der Waals surface area contributed by atoms with Crippen molar-refractivity contribution in [1.29, 1.82) is 0 Å². The van der Waals surface area contributed by atoms with Crippen molar-refractivity contribution >= 4 is 28.9 Å². The number of piperazine rings is 1. The summed E-state index contributed by atoms with van der Waals surface area (Å²) in [6.07, 6.45) is 0. The van der Waals surface area contributed by atoms with Crippen molar-refractivity contribution in [2.24, 2.45) is 0 Å². The van der Waals surface area contributed by atoms with E-state index in [1.54, 1.807) is 12.1 Å². The maximum absolute atomic E-state index is 12.3. The van der Waals surface area contributed by atoms with E-state index in [4.69, 9.17) is 16.3 Å². The summed E-state index contributed by atoms with van der Waals surface area (Å²) in [6, 6.07) is 15.0. The normalized spacial score (nSPS) is 14.9. The van der Waals surface area contributed by atoms with Gasteiger partial charge in [-0.2, -0.15) is 0 Å². The lowest BCUT2D eigenvalue weighted by molar-refractivity contribution is -0.118. The lowest BCUT2D eigenvalue weighted by Crippen LogP contribution is -2.46. The van der Waals surface area contributed by atoms with Crippen LogP contribution in [-0.2, 0) is 4.79 Å². The molecule has 26 heavy (non-hydrogen) atoms. The average molecular weight is 374 g/mol. The number of halogens is 1. The van der Waals surface area contributed by atoms with Crippen LogP contribution in [0.5, 0.6) is 5.75 Å². The van der Waals surface area contributed by atoms with E-state index >= 15 is 0 Å². The second-order valence-electron chi connectivity index (χ2n) is 6.21. The van der Waals surface area contributed by atoms with E-state index in [9.17, 15) is 4.79 Å². The monoisotopic (exact) mass is 373 g/mol. The van der Waals surface area contributed by atoms with Crippen LogP contribution in [0.25, 0.3) is 0 Å². The Labute approximate surface area is 159 Å². The van der Waals surface area contributed by atoms with E-state index in [0.29, 0.717) is 10.8 Å². The van der Waals surface area contributed by atoms with E-state index in [0.717, 1.165) is 44.1 Å². The number of anilines is 2. The molecule has 2 aromatic rings. The number of hydrogen-bond donors (Lipinski definition) is 1. The third kappa shape index (κ3) is 4.68. The minimum atomic E-state index is -0.204. The second-order valence-corrected chi connectivity index (χ2v) is 6.61. The van der Waals surface area contributed by atoms with Crippen LogP contribution >= 0.6 is 11.6 Å². The minimum Gasteiger partial charge on any atom is -0.482 e. The largest absolute Gasteiger partial charge is 0.482 e. The third-order valence-electron chi connectivity index (χ3n) is 4.53. The molecule has 0 radical (unpaired) electrons. The highest BCUT2D eigenvalue weighted by atomic mass is 35.5. The molecule has 0 aromatic heterocycles. The van der Waals surface area contributed by atoms with Crippen molar-refractivity contribution in [3.63, 3.8) is 0 Å². The Hall–Kier alpha value is -2.24. The molecule has 0 spiro atoms. The summed E-state index contributed by atoms with van der Waals surface area (Å²) in [4.78, 5) is 17.1. The Kier molecular flexibility index (Phi) is 6.36. The molecule has 1 N–H and O–H groups in total. The smallest absolute Gasteiger partial charge is 0.262 e. The molecule has 1 heterocycles. The van der Waals surface area contributed by atoms with Crippen molar-refractivity contribution in [3.8, 4) is 5.75 Å². The molecular formula is C20H24ClN3O2. The van der Waals surface area contributed by atoms with Gasteiger partial charge in [0.05, 0.1) is 16.4 Å². The summed E-state index contributed by atoms with van der Waals surface area (Å²) in [5, 5.41) is 3.46. The van der Waals surface area contributed by atoms with Crippen molar-refractivity contribution in [3.05, 3.63) is 53.6 Å². The number of amides is 1. The summed E-state index contributed by atoms with van der Waals surface area (Å²) in [5.41, 5.74) is 1.86. The molecule has 1 amide bonds. The fraction of sp³-hybridized carbons (Fsp3) is 0.350. The zero-order valence-corrected chi connectivity index (χ0v) is 15.7. The van der Waals surface area contributed by atoms with Crippen LogP contribution in [0, 0.1) is 0 Å². The van der Waals surface area contributed by atoms with Gasteiger partial charge in [-0.25, -0.2) is 0 Å². The Morgan fingerprint density at radius 3 is 2.50 bits per heavy atom. The zero-order valence-electron chi connectivity index (χ0n) is 15.0. The first-order valence-electron chi connectivity index (χ1n) is 8.91. The number of carbonyl (C=O) groups is 1. The molecule has 138 valence electrons. The van der Waals surface area contributed by atoms with Gasteiger partial charge in [-0.15, -0.1) is 0 Å². The maximum atomic E-state index is 12.3. The van der Waals surface area contributed by atoms with E-state index in [1.807, 2.05) is 36.4 Å². The van der Waals surface area contributed by atoms with Crippen LogP contribution in [0.1, 0.15) is 6.92 Å². The molecule has 0 aliphatic carbocycles. The van der Waals surface area contributed by atoms with Gasteiger partial charge < -0.3 is 19.9 Å². The van der Waals surface area contributed by atoms with Gasteiger partial charge in [-0.05, 0) is 30.8 Å². The van der Waals surface area contributed by atoms with Crippen LogP contribution < -0.4 is 15.0 Å². The first-order valence-corrected chi connectivity index (χ1v) is 9.28. The highest BCUT2D eigenvalue weighted by molar-refractivity contribution is 6.32. The Morgan fingerprint density at radius 2 is 1.77 bits per heavy atom. The SMILES string of the molecule is CCN1CCN(c2ccccc2NC(=O)COc2ccccc2Cl)CC1. The van der Waals surface area contributed by atoms with Crippen LogP contribution in [0.15, 0.2) is 48.5 Å². The van der Waals surface area contributed by atoms with Gasteiger partial charge in [0.25, 0.3) is 5.91 Å².